The van der Waals surface area contributed by atoms with E-state index in [0.29, 0.717) is 6.04 Å². The average Bonchev–Trinajstić information content (AvgIpc) is 2.25. The predicted molar refractivity (Wildman–Crippen MR) is 62.4 cm³/mol. The Balaban J connectivity index is 2.60. The van der Waals surface area contributed by atoms with E-state index in [0.717, 1.165) is 18.5 Å². The summed E-state index contributed by atoms with van der Waals surface area (Å²) >= 11 is 0. The maximum atomic E-state index is 4.64. The summed E-state index contributed by atoms with van der Waals surface area (Å²) in [4.78, 5) is 4.64. The summed E-state index contributed by atoms with van der Waals surface area (Å²) in [5.41, 5.74) is 2.53. The number of hydrogen-bond acceptors (Lipinski definition) is 2. The number of rotatable bonds is 4. The third-order valence-corrected chi connectivity index (χ3v) is 2.74. The molecule has 1 unspecified atom stereocenters. The number of nitrogens with zero attached hydrogens (tertiary/aromatic N) is 1. The summed E-state index contributed by atoms with van der Waals surface area (Å²) in [5, 5.41) is 3.03. The molecule has 2 heteroatoms. The summed E-state index contributed by atoms with van der Waals surface area (Å²) in [5.74, 6) is 0. The lowest BCUT2D eigenvalue weighted by molar-refractivity contribution is 0.319. The first-order chi connectivity index (χ1) is 6.45. The van der Waals surface area contributed by atoms with Crippen LogP contribution in [-0.4, -0.2) is 11.8 Å². The van der Waals surface area contributed by atoms with Gasteiger partial charge in [-0.15, -0.1) is 0 Å². The van der Waals surface area contributed by atoms with E-state index < -0.39 is 0 Å². The Bertz CT molecular complexity index is 274. The van der Waals surface area contributed by atoms with Gasteiger partial charge in [0.15, 0.2) is 0 Å². The maximum Gasteiger partial charge on any atom is 0.0607 e. The smallest absolute Gasteiger partial charge is 0.0607 e. The molecule has 2 nitrogen and oxygen atoms in total. The molecule has 0 saturated heterocycles. The fourth-order valence-electron chi connectivity index (χ4n) is 2.02. The SMILES string of the molecule is C=CNC(=C)CC1N=C(C)CC1(C)C. The second kappa shape index (κ2) is 3.99. The van der Waals surface area contributed by atoms with Crippen molar-refractivity contribution in [3.8, 4) is 0 Å². The Kier molecular flexibility index (Phi) is 3.14. The molecule has 1 N–H and O–H groups in total. The predicted octanol–water partition coefficient (Wildman–Crippen LogP) is 2.88. The molecule has 14 heavy (non-hydrogen) atoms. The molecule has 1 aliphatic rings. The summed E-state index contributed by atoms with van der Waals surface area (Å²) < 4.78 is 0. The van der Waals surface area contributed by atoms with Gasteiger partial charge >= 0.3 is 0 Å². The summed E-state index contributed by atoms with van der Waals surface area (Å²) in [6, 6.07) is 0.363. The molecule has 1 rings (SSSR count). The lowest BCUT2D eigenvalue weighted by atomic mass is 9.81. The van der Waals surface area contributed by atoms with Crippen LogP contribution in [0.3, 0.4) is 0 Å². The van der Waals surface area contributed by atoms with Gasteiger partial charge in [-0.1, -0.05) is 27.0 Å². The Morgan fingerprint density at radius 2 is 2.36 bits per heavy atom. The van der Waals surface area contributed by atoms with Crippen LogP contribution in [0.2, 0.25) is 0 Å². The molecule has 0 bridgehead atoms. The van der Waals surface area contributed by atoms with Gasteiger partial charge in [0.1, 0.15) is 0 Å². The summed E-state index contributed by atoms with van der Waals surface area (Å²) in [6.07, 6.45) is 3.66. The third-order valence-electron chi connectivity index (χ3n) is 2.74. The van der Waals surface area contributed by atoms with Crippen molar-refractivity contribution in [1.29, 1.82) is 0 Å². The van der Waals surface area contributed by atoms with Crippen LogP contribution in [0.15, 0.2) is 30.0 Å². The second-order valence-corrected chi connectivity index (χ2v) is 4.70. The highest BCUT2D eigenvalue weighted by atomic mass is 14.9. The molecule has 0 spiro atoms. The molecule has 1 heterocycles. The van der Waals surface area contributed by atoms with Crippen LogP contribution in [0.4, 0.5) is 0 Å². The van der Waals surface area contributed by atoms with Crippen molar-refractivity contribution in [2.24, 2.45) is 10.4 Å². The highest BCUT2D eigenvalue weighted by Gasteiger charge is 2.34. The fraction of sp³-hybridized carbons (Fsp3) is 0.583. The van der Waals surface area contributed by atoms with Gasteiger partial charge in [0, 0.05) is 17.8 Å². The van der Waals surface area contributed by atoms with Crippen molar-refractivity contribution < 1.29 is 0 Å². The van der Waals surface area contributed by atoms with Crippen molar-refractivity contribution in [3.63, 3.8) is 0 Å². The number of nitrogens with one attached hydrogen (secondary N) is 1. The fourth-order valence-corrected chi connectivity index (χ4v) is 2.02. The maximum absolute atomic E-state index is 4.64. The van der Waals surface area contributed by atoms with Gasteiger partial charge in [-0.2, -0.15) is 0 Å². The van der Waals surface area contributed by atoms with Crippen molar-refractivity contribution in [1.82, 2.24) is 5.32 Å². The zero-order valence-corrected chi connectivity index (χ0v) is 9.43. The quantitative estimate of drug-likeness (QED) is 0.727. The average molecular weight is 192 g/mol. The van der Waals surface area contributed by atoms with Crippen LogP contribution in [0.25, 0.3) is 0 Å². The molecule has 0 saturated carbocycles. The normalized spacial score (nSPS) is 24.2. The Hall–Kier alpha value is -1.05. The highest BCUT2D eigenvalue weighted by molar-refractivity contribution is 5.84. The van der Waals surface area contributed by atoms with Gasteiger partial charge < -0.3 is 5.32 Å². The van der Waals surface area contributed by atoms with E-state index >= 15 is 0 Å². The van der Waals surface area contributed by atoms with E-state index in [1.165, 1.54) is 5.71 Å². The second-order valence-electron chi connectivity index (χ2n) is 4.70. The molecule has 0 radical (unpaired) electrons. The van der Waals surface area contributed by atoms with Crippen LogP contribution in [-0.2, 0) is 0 Å². The lowest BCUT2D eigenvalue weighted by Crippen LogP contribution is -2.25. The number of hydrogen-bond donors (Lipinski definition) is 1. The lowest BCUT2D eigenvalue weighted by Gasteiger charge is -2.25. The van der Waals surface area contributed by atoms with Crippen LogP contribution in [0.5, 0.6) is 0 Å². The van der Waals surface area contributed by atoms with E-state index in [1.54, 1.807) is 6.20 Å². The van der Waals surface area contributed by atoms with Crippen molar-refractivity contribution in [2.75, 3.05) is 0 Å². The monoisotopic (exact) mass is 192 g/mol. The first kappa shape index (κ1) is 11.0. The van der Waals surface area contributed by atoms with Crippen molar-refractivity contribution in [3.05, 3.63) is 25.1 Å². The minimum absolute atomic E-state index is 0.274. The zero-order chi connectivity index (χ0) is 10.8. The third kappa shape index (κ3) is 2.47. The Morgan fingerprint density at radius 3 is 2.79 bits per heavy atom. The molecule has 1 aliphatic heterocycles. The van der Waals surface area contributed by atoms with E-state index in [-0.39, 0.29) is 5.41 Å². The summed E-state index contributed by atoms with van der Waals surface area (Å²) in [7, 11) is 0. The molecule has 0 aromatic heterocycles. The molecule has 0 aromatic rings. The first-order valence-corrected chi connectivity index (χ1v) is 5.04. The first-order valence-electron chi connectivity index (χ1n) is 5.04. The van der Waals surface area contributed by atoms with Gasteiger partial charge in [0.05, 0.1) is 6.04 Å². The van der Waals surface area contributed by atoms with Crippen molar-refractivity contribution >= 4 is 5.71 Å². The minimum Gasteiger partial charge on any atom is -0.366 e. The largest absolute Gasteiger partial charge is 0.366 e. The molecule has 0 fully saturated rings. The Morgan fingerprint density at radius 1 is 1.71 bits per heavy atom. The molecular formula is C12H20N2. The number of aliphatic imine (C=N–C) groups is 1. The van der Waals surface area contributed by atoms with Gasteiger partial charge in [0.2, 0.25) is 0 Å². The minimum atomic E-state index is 0.274. The van der Waals surface area contributed by atoms with Crippen LogP contribution in [0, 0.1) is 5.41 Å². The van der Waals surface area contributed by atoms with Gasteiger partial charge in [-0.05, 0) is 25.0 Å². The Labute approximate surface area is 86.8 Å². The molecule has 1 atom stereocenters. The van der Waals surface area contributed by atoms with E-state index in [2.05, 4.69) is 44.2 Å². The van der Waals surface area contributed by atoms with Crippen LogP contribution >= 0.6 is 0 Å². The van der Waals surface area contributed by atoms with Gasteiger partial charge in [-0.25, -0.2) is 0 Å². The van der Waals surface area contributed by atoms with Crippen molar-refractivity contribution in [2.45, 2.75) is 39.7 Å². The van der Waals surface area contributed by atoms with E-state index in [1.807, 2.05) is 0 Å². The molecule has 0 aliphatic carbocycles. The van der Waals surface area contributed by atoms with Crippen LogP contribution < -0.4 is 5.32 Å². The molecule has 0 amide bonds. The standard InChI is InChI=1S/C12H20N2/c1-6-13-9(2)7-11-12(4,5)8-10(3)14-11/h6,11,13H,1-2,7-8H2,3-5H3. The molecule has 0 aromatic carbocycles. The molecular weight excluding hydrogens is 172 g/mol. The highest BCUT2D eigenvalue weighted by Crippen LogP contribution is 2.36. The molecule has 78 valence electrons. The summed E-state index contributed by atoms with van der Waals surface area (Å²) in [6.45, 7) is 14.2. The van der Waals surface area contributed by atoms with E-state index in [9.17, 15) is 0 Å². The van der Waals surface area contributed by atoms with Crippen LogP contribution in [0.1, 0.15) is 33.6 Å². The van der Waals surface area contributed by atoms with Gasteiger partial charge in [0.25, 0.3) is 0 Å². The zero-order valence-electron chi connectivity index (χ0n) is 9.43. The van der Waals surface area contributed by atoms with Gasteiger partial charge in [-0.3, -0.25) is 4.99 Å². The van der Waals surface area contributed by atoms with E-state index in [4.69, 9.17) is 0 Å². The topological polar surface area (TPSA) is 24.4 Å².